The zero-order valence-electron chi connectivity index (χ0n) is 14.4. The zero-order valence-corrected chi connectivity index (χ0v) is 16.6. The van der Waals surface area contributed by atoms with Crippen LogP contribution in [0.25, 0.3) is 16.8 Å². The minimum absolute atomic E-state index is 0.334. The topological polar surface area (TPSA) is 35.5 Å². The first kappa shape index (κ1) is 18.5. The summed E-state index contributed by atoms with van der Waals surface area (Å²) in [7, 11) is 0. The van der Waals surface area contributed by atoms with Gasteiger partial charge in [0, 0.05) is 6.08 Å². The van der Waals surface area contributed by atoms with Crippen LogP contribution in [0.5, 0.6) is 5.75 Å². The molecule has 0 radical (unpaired) electrons. The maximum Gasteiger partial charge on any atom is 0.330 e. The van der Waals surface area contributed by atoms with Crippen LogP contribution in [0.4, 0.5) is 0 Å². The Morgan fingerprint density at radius 3 is 2.69 bits per heavy atom. The number of ether oxygens (including phenoxy) is 2. The molecule has 0 bridgehead atoms. The van der Waals surface area contributed by atoms with Gasteiger partial charge < -0.3 is 9.47 Å². The van der Waals surface area contributed by atoms with Crippen LogP contribution in [0, 0.1) is 3.57 Å². The normalized spacial score (nSPS) is 11.0. The van der Waals surface area contributed by atoms with Crippen molar-refractivity contribution in [2.24, 2.45) is 0 Å². The summed E-state index contributed by atoms with van der Waals surface area (Å²) in [5.41, 5.74) is 2.09. The average Bonchev–Trinajstić information content (AvgIpc) is 2.66. The monoisotopic (exact) mass is 458 g/mol. The highest BCUT2D eigenvalue weighted by Gasteiger charge is 2.05. The summed E-state index contributed by atoms with van der Waals surface area (Å²) >= 11 is 2.25. The summed E-state index contributed by atoms with van der Waals surface area (Å²) in [4.78, 5) is 11.4. The molecule has 0 spiro atoms. The van der Waals surface area contributed by atoms with Crippen LogP contribution in [0.2, 0.25) is 0 Å². The Morgan fingerprint density at radius 2 is 1.88 bits per heavy atom. The van der Waals surface area contributed by atoms with Gasteiger partial charge >= 0.3 is 5.97 Å². The molecule has 3 nitrogen and oxygen atoms in total. The van der Waals surface area contributed by atoms with E-state index in [1.165, 1.54) is 16.8 Å². The second-order valence-electron chi connectivity index (χ2n) is 5.70. The quantitative estimate of drug-likeness (QED) is 0.274. The van der Waals surface area contributed by atoms with Crippen molar-refractivity contribution in [2.75, 3.05) is 6.61 Å². The molecule has 3 aromatic carbocycles. The lowest BCUT2D eigenvalue weighted by Gasteiger charge is -2.11. The van der Waals surface area contributed by atoms with E-state index in [-0.39, 0.29) is 5.97 Å². The van der Waals surface area contributed by atoms with Gasteiger partial charge in [-0.3, -0.25) is 0 Å². The van der Waals surface area contributed by atoms with Crippen molar-refractivity contribution < 1.29 is 14.3 Å². The number of hydrogen-bond donors (Lipinski definition) is 0. The zero-order chi connectivity index (χ0) is 18.4. The first-order valence-corrected chi connectivity index (χ1v) is 9.49. The number of esters is 1. The molecule has 0 atom stereocenters. The van der Waals surface area contributed by atoms with Crippen molar-refractivity contribution >= 4 is 45.4 Å². The van der Waals surface area contributed by atoms with Crippen LogP contribution in [0.1, 0.15) is 18.1 Å². The summed E-state index contributed by atoms with van der Waals surface area (Å²) in [6, 6.07) is 20.4. The molecule has 0 N–H and O–H groups in total. The summed E-state index contributed by atoms with van der Waals surface area (Å²) in [5, 5.41) is 2.42. The van der Waals surface area contributed by atoms with E-state index < -0.39 is 0 Å². The maximum atomic E-state index is 11.4. The highest BCUT2D eigenvalue weighted by molar-refractivity contribution is 14.1. The molecule has 0 saturated carbocycles. The second-order valence-corrected chi connectivity index (χ2v) is 6.86. The largest absolute Gasteiger partial charge is 0.488 e. The number of hydrogen-bond acceptors (Lipinski definition) is 3. The molecule has 0 aromatic heterocycles. The predicted molar refractivity (Wildman–Crippen MR) is 113 cm³/mol. The molecule has 132 valence electrons. The van der Waals surface area contributed by atoms with Gasteiger partial charge in [-0.15, -0.1) is 0 Å². The van der Waals surface area contributed by atoms with Crippen molar-refractivity contribution in [3.05, 3.63) is 81.4 Å². The third-order valence-corrected chi connectivity index (χ3v) is 4.76. The fourth-order valence-corrected chi connectivity index (χ4v) is 3.36. The molecule has 0 unspecified atom stereocenters. The van der Waals surface area contributed by atoms with E-state index in [0.717, 1.165) is 20.4 Å². The molecular formula is C22H19IO3. The van der Waals surface area contributed by atoms with Crippen LogP contribution < -0.4 is 4.74 Å². The first-order chi connectivity index (χ1) is 12.7. The number of fused-ring (bicyclic) bond motifs is 1. The van der Waals surface area contributed by atoms with Gasteiger partial charge in [0.25, 0.3) is 0 Å². The van der Waals surface area contributed by atoms with E-state index in [4.69, 9.17) is 9.47 Å². The standard InChI is InChI=1S/C22H19IO3/c1-2-25-22(24)13-11-16-10-12-21(20(23)14-16)26-15-18-8-5-7-17-6-3-4-9-19(17)18/h3-14H,2,15H2,1H3/b13-11+. The fraction of sp³-hybridized carbons (Fsp3) is 0.136. The van der Waals surface area contributed by atoms with E-state index in [1.807, 2.05) is 30.3 Å². The Balaban J connectivity index is 1.71. The molecule has 4 heteroatoms. The van der Waals surface area contributed by atoms with Gasteiger partial charge in [-0.1, -0.05) is 48.5 Å². The first-order valence-electron chi connectivity index (χ1n) is 8.41. The summed E-state index contributed by atoms with van der Waals surface area (Å²) in [6.07, 6.45) is 3.18. The summed E-state index contributed by atoms with van der Waals surface area (Å²) in [5.74, 6) is 0.491. The lowest BCUT2D eigenvalue weighted by molar-refractivity contribution is -0.137. The summed E-state index contributed by atoms with van der Waals surface area (Å²) < 4.78 is 11.9. The van der Waals surface area contributed by atoms with Gasteiger partial charge in [0.05, 0.1) is 10.2 Å². The highest BCUT2D eigenvalue weighted by atomic mass is 127. The molecule has 0 amide bonds. The lowest BCUT2D eigenvalue weighted by atomic mass is 10.1. The Labute approximate surface area is 166 Å². The Kier molecular flexibility index (Phi) is 6.28. The van der Waals surface area contributed by atoms with Crippen molar-refractivity contribution in [1.29, 1.82) is 0 Å². The van der Waals surface area contributed by atoms with Gasteiger partial charge in [0.15, 0.2) is 0 Å². The number of carbonyl (C=O) groups excluding carboxylic acids is 1. The maximum absolute atomic E-state index is 11.4. The molecule has 0 aliphatic rings. The molecule has 3 rings (SSSR count). The molecule has 0 heterocycles. The molecule has 0 fully saturated rings. The van der Waals surface area contributed by atoms with Gasteiger partial charge in [-0.05, 0) is 69.6 Å². The number of carbonyl (C=O) groups is 1. The van der Waals surface area contributed by atoms with Gasteiger partial charge in [0.2, 0.25) is 0 Å². The van der Waals surface area contributed by atoms with Crippen LogP contribution in [0.3, 0.4) is 0 Å². The molecular weight excluding hydrogens is 439 g/mol. The Morgan fingerprint density at radius 1 is 1.08 bits per heavy atom. The van der Waals surface area contributed by atoms with Crippen LogP contribution >= 0.6 is 22.6 Å². The van der Waals surface area contributed by atoms with Crippen LogP contribution in [-0.4, -0.2) is 12.6 Å². The number of rotatable bonds is 6. The molecule has 3 aromatic rings. The number of benzene rings is 3. The Hall–Kier alpha value is -2.34. The average molecular weight is 458 g/mol. The highest BCUT2D eigenvalue weighted by Crippen LogP contribution is 2.25. The van der Waals surface area contributed by atoms with Crippen molar-refractivity contribution in [3.8, 4) is 5.75 Å². The predicted octanol–water partition coefficient (Wildman–Crippen LogP) is 5.60. The Bertz CT molecular complexity index is 942. The van der Waals surface area contributed by atoms with Crippen molar-refractivity contribution in [2.45, 2.75) is 13.5 Å². The van der Waals surface area contributed by atoms with Crippen LogP contribution in [0.15, 0.2) is 66.7 Å². The summed E-state index contributed by atoms with van der Waals surface area (Å²) in [6.45, 7) is 2.67. The van der Waals surface area contributed by atoms with E-state index >= 15 is 0 Å². The van der Waals surface area contributed by atoms with Crippen molar-refractivity contribution in [3.63, 3.8) is 0 Å². The van der Waals surface area contributed by atoms with E-state index in [1.54, 1.807) is 13.0 Å². The number of halogens is 1. The minimum Gasteiger partial charge on any atom is -0.488 e. The van der Waals surface area contributed by atoms with Gasteiger partial charge in [-0.2, -0.15) is 0 Å². The minimum atomic E-state index is -0.334. The SMILES string of the molecule is CCOC(=O)/C=C/c1ccc(OCc2cccc3ccccc23)c(I)c1. The molecule has 0 saturated heterocycles. The van der Waals surface area contributed by atoms with Gasteiger partial charge in [0.1, 0.15) is 12.4 Å². The van der Waals surface area contributed by atoms with E-state index in [0.29, 0.717) is 13.2 Å². The van der Waals surface area contributed by atoms with Crippen molar-refractivity contribution in [1.82, 2.24) is 0 Å². The van der Waals surface area contributed by atoms with E-state index in [2.05, 4.69) is 52.9 Å². The third-order valence-electron chi connectivity index (χ3n) is 3.92. The van der Waals surface area contributed by atoms with E-state index in [9.17, 15) is 4.79 Å². The molecule has 26 heavy (non-hydrogen) atoms. The fourth-order valence-electron chi connectivity index (χ4n) is 2.67. The van der Waals surface area contributed by atoms with Gasteiger partial charge in [-0.25, -0.2) is 4.79 Å². The molecule has 0 aliphatic carbocycles. The molecule has 0 aliphatic heterocycles. The second kappa shape index (κ2) is 8.85. The van der Waals surface area contributed by atoms with Crippen LogP contribution in [-0.2, 0) is 16.1 Å². The third kappa shape index (κ3) is 4.64. The smallest absolute Gasteiger partial charge is 0.330 e. The lowest BCUT2D eigenvalue weighted by Crippen LogP contribution is -1.99.